The molecule has 1 unspecified atom stereocenters. The molecule has 3 heteroatoms. The Labute approximate surface area is 102 Å². The van der Waals surface area contributed by atoms with Crippen LogP contribution in [-0.2, 0) is 6.42 Å². The van der Waals surface area contributed by atoms with Crippen LogP contribution in [0.1, 0.15) is 41.6 Å². The molecule has 0 saturated carbocycles. The van der Waals surface area contributed by atoms with Crippen LogP contribution in [0.4, 0.5) is 0 Å². The Bertz CT molecular complexity index is 474. The van der Waals surface area contributed by atoms with Gasteiger partial charge in [0.05, 0.1) is 11.9 Å². The molecule has 1 atom stereocenters. The lowest BCUT2D eigenvalue weighted by Gasteiger charge is -2.15. The molecule has 0 bridgehead atoms. The summed E-state index contributed by atoms with van der Waals surface area (Å²) in [6.07, 6.45) is 3.88. The molecular weight excluding hydrogens is 210 g/mol. The highest BCUT2D eigenvalue weighted by Crippen LogP contribution is 2.25. The molecule has 0 saturated heterocycles. The molecule has 90 valence electrons. The van der Waals surface area contributed by atoms with Gasteiger partial charge in [-0.15, -0.1) is 0 Å². The Morgan fingerprint density at radius 2 is 2.06 bits per heavy atom. The zero-order valence-corrected chi connectivity index (χ0v) is 10.7. The van der Waals surface area contributed by atoms with Crippen LogP contribution in [0, 0.1) is 13.8 Å². The van der Waals surface area contributed by atoms with Crippen molar-refractivity contribution in [3.8, 4) is 0 Å². The predicted octanol–water partition coefficient (Wildman–Crippen LogP) is 3.16. The van der Waals surface area contributed by atoms with E-state index < -0.39 is 0 Å². The maximum atomic E-state index is 4.13. The summed E-state index contributed by atoms with van der Waals surface area (Å²) in [7, 11) is 0. The second-order valence-corrected chi connectivity index (χ2v) is 4.61. The van der Waals surface area contributed by atoms with E-state index in [-0.39, 0.29) is 0 Å². The van der Waals surface area contributed by atoms with Crippen molar-refractivity contribution in [2.45, 2.75) is 39.5 Å². The summed E-state index contributed by atoms with van der Waals surface area (Å²) in [5.74, 6) is 0.527. The van der Waals surface area contributed by atoms with E-state index >= 15 is 0 Å². The number of aryl methyl sites for hydroxylation is 2. The van der Waals surface area contributed by atoms with Crippen molar-refractivity contribution in [2.24, 2.45) is 0 Å². The van der Waals surface area contributed by atoms with Crippen molar-refractivity contribution >= 4 is 0 Å². The highest BCUT2D eigenvalue weighted by atomic mass is 15.3. The van der Waals surface area contributed by atoms with Gasteiger partial charge in [0, 0.05) is 0 Å². The monoisotopic (exact) mass is 229 g/mol. The first-order valence-corrected chi connectivity index (χ1v) is 6.12. The Morgan fingerprint density at radius 3 is 2.65 bits per heavy atom. The minimum absolute atomic E-state index is 0.527. The first-order chi connectivity index (χ1) is 8.20. The number of nitrogens with zero attached hydrogens (tertiary/aromatic N) is 2. The zero-order chi connectivity index (χ0) is 12.3. The minimum atomic E-state index is 0.527. The van der Waals surface area contributed by atoms with Gasteiger partial charge in [-0.25, -0.2) is 0 Å². The molecule has 17 heavy (non-hydrogen) atoms. The number of benzene rings is 1. The molecule has 0 aliphatic carbocycles. The van der Waals surface area contributed by atoms with Gasteiger partial charge >= 0.3 is 0 Å². The zero-order valence-electron chi connectivity index (χ0n) is 10.7. The Hall–Kier alpha value is -1.64. The lowest BCUT2D eigenvalue weighted by molar-refractivity contribution is 0.647. The number of hydrogen-bond acceptors (Lipinski definition) is 2. The Kier molecular flexibility index (Phi) is 3.57. The van der Waals surface area contributed by atoms with Crippen molar-refractivity contribution in [1.29, 1.82) is 0 Å². The molecule has 0 spiro atoms. The van der Waals surface area contributed by atoms with Crippen LogP contribution in [0.25, 0.3) is 0 Å². The topological polar surface area (TPSA) is 41.6 Å². The fourth-order valence-corrected chi connectivity index (χ4v) is 2.09. The second kappa shape index (κ2) is 5.13. The molecule has 0 amide bonds. The number of aromatic nitrogens is 3. The van der Waals surface area contributed by atoms with E-state index in [4.69, 9.17) is 0 Å². The highest BCUT2D eigenvalue weighted by molar-refractivity contribution is 5.32. The van der Waals surface area contributed by atoms with Crippen LogP contribution in [0.15, 0.2) is 24.4 Å². The Morgan fingerprint density at radius 1 is 1.24 bits per heavy atom. The molecule has 1 N–H and O–H groups in total. The third-order valence-electron chi connectivity index (χ3n) is 3.42. The lowest BCUT2D eigenvalue weighted by Crippen LogP contribution is -2.03. The summed E-state index contributed by atoms with van der Waals surface area (Å²) >= 11 is 0. The summed E-state index contributed by atoms with van der Waals surface area (Å²) in [5, 5.41) is 10.7. The molecule has 0 radical (unpaired) electrons. The largest absolute Gasteiger partial charge is 0.198 e. The van der Waals surface area contributed by atoms with Gasteiger partial charge in [0.1, 0.15) is 0 Å². The maximum absolute atomic E-state index is 4.13. The van der Waals surface area contributed by atoms with Gasteiger partial charge in [-0.1, -0.05) is 25.1 Å². The van der Waals surface area contributed by atoms with Gasteiger partial charge in [-0.3, -0.25) is 0 Å². The first kappa shape index (κ1) is 11.8. The number of hydrogen-bond donors (Lipinski definition) is 1. The van der Waals surface area contributed by atoms with Gasteiger partial charge in [0.15, 0.2) is 0 Å². The van der Waals surface area contributed by atoms with Gasteiger partial charge in [-0.2, -0.15) is 15.4 Å². The van der Waals surface area contributed by atoms with Gasteiger partial charge < -0.3 is 0 Å². The molecule has 0 aliphatic heterocycles. The van der Waals surface area contributed by atoms with Crippen molar-refractivity contribution in [3.63, 3.8) is 0 Å². The van der Waals surface area contributed by atoms with Crippen molar-refractivity contribution in [1.82, 2.24) is 15.4 Å². The third-order valence-corrected chi connectivity index (χ3v) is 3.42. The smallest absolute Gasteiger partial charge is 0.0830 e. The van der Waals surface area contributed by atoms with Crippen LogP contribution < -0.4 is 0 Å². The molecule has 3 nitrogen and oxygen atoms in total. The van der Waals surface area contributed by atoms with E-state index in [1.807, 2.05) is 6.20 Å². The number of rotatable bonds is 4. The maximum Gasteiger partial charge on any atom is 0.0830 e. The van der Waals surface area contributed by atoms with Crippen LogP contribution in [0.5, 0.6) is 0 Å². The summed E-state index contributed by atoms with van der Waals surface area (Å²) < 4.78 is 0. The summed E-state index contributed by atoms with van der Waals surface area (Å²) in [4.78, 5) is 0. The van der Waals surface area contributed by atoms with Crippen LogP contribution in [0.3, 0.4) is 0 Å². The molecule has 2 aromatic rings. The summed E-state index contributed by atoms with van der Waals surface area (Å²) in [6.45, 7) is 6.54. The van der Waals surface area contributed by atoms with E-state index in [2.05, 4.69) is 54.4 Å². The molecule has 0 aliphatic rings. The van der Waals surface area contributed by atoms with Crippen molar-refractivity contribution in [2.75, 3.05) is 0 Å². The van der Waals surface area contributed by atoms with E-state index in [0.717, 1.165) is 18.5 Å². The molecule has 1 heterocycles. The van der Waals surface area contributed by atoms with Crippen LogP contribution in [0.2, 0.25) is 0 Å². The quantitative estimate of drug-likeness (QED) is 0.875. The second-order valence-electron chi connectivity index (χ2n) is 4.61. The van der Waals surface area contributed by atoms with E-state index in [1.165, 1.54) is 16.7 Å². The number of aromatic amines is 1. The fourth-order valence-electron chi connectivity index (χ4n) is 2.09. The molecule has 0 fully saturated rings. The average molecular weight is 229 g/mol. The number of nitrogens with one attached hydrogen (secondary N) is 1. The normalized spacial score (nSPS) is 12.6. The van der Waals surface area contributed by atoms with Gasteiger partial charge in [0.2, 0.25) is 0 Å². The standard InChI is InChI=1S/C14H19N3/c1-4-12(8-14-9-15-17-16-14)13-6-5-10(2)11(3)7-13/h5-7,9,12H,4,8H2,1-3H3,(H,15,16,17). The predicted molar refractivity (Wildman–Crippen MR) is 69.0 cm³/mol. The summed E-state index contributed by atoms with van der Waals surface area (Å²) in [6, 6.07) is 6.73. The fraction of sp³-hybridized carbons (Fsp3) is 0.429. The van der Waals surface area contributed by atoms with Gasteiger partial charge in [0.25, 0.3) is 0 Å². The van der Waals surface area contributed by atoms with E-state index in [9.17, 15) is 0 Å². The van der Waals surface area contributed by atoms with Crippen molar-refractivity contribution in [3.05, 3.63) is 46.8 Å². The van der Waals surface area contributed by atoms with Crippen LogP contribution >= 0.6 is 0 Å². The molecule has 1 aromatic carbocycles. The molecule has 2 rings (SSSR count). The van der Waals surface area contributed by atoms with Gasteiger partial charge in [-0.05, 0) is 49.3 Å². The SMILES string of the molecule is CCC(Cc1cn[nH]n1)c1ccc(C)c(C)c1. The van der Waals surface area contributed by atoms with Crippen molar-refractivity contribution < 1.29 is 0 Å². The summed E-state index contributed by atoms with van der Waals surface area (Å²) in [5.41, 5.74) is 5.15. The minimum Gasteiger partial charge on any atom is -0.198 e. The first-order valence-electron chi connectivity index (χ1n) is 6.12. The molecular formula is C14H19N3. The molecule has 1 aromatic heterocycles. The average Bonchev–Trinajstić information content (AvgIpc) is 2.82. The Balaban J connectivity index is 2.20. The third kappa shape index (κ3) is 2.73. The highest BCUT2D eigenvalue weighted by Gasteiger charge is 2.12. The van der Waals surface area contributed by atoms with E-state index in [0.29, 0.717) is 5.92 Å². The lowest BCUT2D eigenvalue weighted by atomic mass is 9.90. The number of H-pyrrole nitrogens is 1. The van der Waals surface area contributed by atoms with Crippen LogP contribution in [-0.4, -0.2) is 15.4 Å². The van der Waals surface area contributed by atoms with E-state index in [1.54, 1.807) is 0 Å².